The summed E-state index contributed by atoms with van der Waals surface area (Å²) < 4.78 is 14.4. The molecule has 1 aromatic rings. The first-order chi connectivity index (χ1) is 4.97. The highest BCUT2D eigenvalue weighted by atomic mass is 31.2. The minimum absolute atomic E-state index is 0.101. The van der Waals surface area contributed by atoms with Crippen molar-refractivity contribution in [1.29, 1.82) is 0 Å². The fraction of sp³-hybridized carbons (Fsp3) is 0.250. The zero-order valence-corrected chi connectivity index (χ0v) is 6.58. The fourth-order valence-electron chi connectivity index (χ4n) is 0.562. The Hall–Kier alpha value is -0.840. The summed E-state index contributed by atoms with van der Waals surface area (Å²) in [5.41, 5.74) is 0.674. The molecule has 0 spiro atoms. The Kier molecular flexibility index (Phi) is 1.99. The number of hydrogen-bond donors (Lipinski definition) is 3. The molecule has 0 aliphatic heterocycles. The van der Waals surface area contributed by atoms with Crippen molar-refractivity contribution in [2.45, 2.75) is 6.92 Å². The summed E-state index contributed by atoms with van der Waals surface area (Å²) in [6.07, 6.45) is 0. The molecule has 0 radical (unpaired) electrons. The maximum Gasteiger partial charge on any atom is 0.526 e. The summed E-state index contributed by atoms with van der Waals surface area (Å²) in [5, 5.41) is 5.93. The first kappa shape index (κ1) is 8.26. The molecule has 3 N–H and O–H groups in total. The van der Waals surface area contributed by atoms with Gasteiger partial charge in [-0.1, -0.05) is 0 Å². The summed E-state index contributed by atoms with van der Waals surface area (Å²) in [4.78, 5) is 16.6. The van der Waals surface area contributed by atoms with Gasteiger partial charge in [0.2, 0.25) is 5.88 Å². The van der Waals surface area contributed by atoms with E-state index in [1.807, 2.05) is 0 Å². The average molecular weight is 178 g/mol. The van der Waals surface area contributed by atoms with Crippen LogP contribution < -0.4 is 4.52 Å². The highest BCUT2D eigenvalue weighted by molar-refractivity contribution is 7.46. The van der Waals surface area contributed by atoms with Crippen molar-refractivity contribution in [3.8, 4) is 5.88 Å². The average Bonchev–Trinajstić information content (AvgIpc) is 2.10. The Balaban J connectivity index is 2.73. The molecule has 0 saturated carbocycles. The summed E-state index contributed by atoms with van der Waals surface area (Å²) >= 11 is 0. The van der Waals surface area contributed by atoms with E-state index in [0.29, 0.717) is 5.69 Å². The number of aromatic nitrogens is 2. The number of phosphoric acid groups is 1. The van der Waals surface area contributed by atoms with E-state index in [1.165, 1.54) is 6.07 Å². The molecule has 0 saturated heterocycles. The second-order valence-corrected chi connectivity index (χ2v) is 3.13. The zero-order valence-electron chi connectivity index (χ0n) is 5.68. The fourth-order valence-corrected chi connectivity index (χ4v) is 0.899. The number of phosphoric ester groups is 1. The van der Waals surface area contributed by atoms with Gasteiger partial charge in [-0.25, -0.2) is 4.57 Å². The number of H-pyrrole nitrogens is 1. The van der Waals surface area contributed by atoms with Gasteiger partial charge >= 0.3 is 7.82 Å². The SMILES string of the molecule is Cc1cc(OP(=O)(O)O)n[nH]1. The van der Waals surface area contributed by atoms with E-state index < -0.39 is 7.82 Å². The molecular formula is C4H7N2O4P. The molecule has 0 aliphatic rings. The lowest BCUT2D eigenvalue weighted by atomic mass is 10.5. The first-order valence-corrected chi connectivity index (χ1v) is 4.27. The summed E-state index contributed by atoms with van der Waals surface area (Å²) in [6, 6.07) is 1.39. The van der Waals surface area contributed by atoms with E-state index in [0.717, 1.165) is 0 Å². The van der Waals surface area contributed by atoms with Crippen LogP contribution in [0.3, 0.4) is 0 Å². The van der Waals surface area contributed by atoms with Gasteiger partial charge in [-0.2, -0.15) is 0 Å². The Morgan fingerprint density at radius 2 is 2.36 bits per heavy atom. The minimum Gasteiger partial charge on any atom is -0.384 e. The molecule has 1 aromatic heterocycles. The predicted molar refractivity (Wildman–Crippen MR) is 36.0 cm³/mol. The molecule has 62 valence electrons. The number of hydrogen-bond acceptors (Lipinski definition) is 3. The quantitative estimate of drug-likeness (QED) is 0.562. The maximum absolute atomic E-state index is 10.2. The van der Waals surface area contributed by atoms with Crippen molar-refractivity contribution >= 4 is 7.82 Å². The smallest absolute Gasteiger partial charge is 0.384 e. The van der Waals surface area contributed by atoms with Crippen LogP contribution in [0.5, 0.6) is 5.88 Å². The summed E-state index contributed by atoms with van der Waals surface area (Å²) in [6.45, 7) is 1.69. The molecule has 0 aliphatic carbocycles. The van der Waals surface area contributed by atoms with Crippen molar-refractivity contribution in [2.24, 2.45) is 0 Å². The van der Waals surface area contributed by atoms with Crippen LogP contribution in [0.4, 0.5) is 0 Å². The Bertz CT molecular complexity index is 290. The monoisotopic (exact) mass is 178 g/mol. The van der Waals surface area contributed by atoms with E-state index in [9.17, 15) is 4.57 Å². The van der Waals surface area contributed by atoms with Crippen LogP contribution in [0, 0.1) is 6.92 Å². The molecule has 0 aromatic carbocycles. The molecule has 0 bridgehead atoms. The molecule has 11 heavy (non-hydrogen) atoms. The normalized spacial score (nSPS) is 11.5. The van der Waals surface area contributed by atoms with Crippen LogP contribution in [-0.4, -0.2) is 20.0 Å². The van der Waals surface area contributed by atoms with E-state index in [4.69, 9.17) is 9.79 Å². The van der Waals surface area contributed by atoms with Gasteiger partial charge in [0.1, 0.15) is 0 Å². The predicted octanol–water partition coefficient (Wildman–Crippen LogP) is 0.190. The van der Waals surface area contributed by atoms with E-state index >= 15 is 0 Å². The van der Waals surface area contributed by atoms with Crippen molar-refractivity contribution < 1.29 is 18.9 Å². The van der Waals surface area contributed by atoms with Crippen molar-refractivity contribution in [1.82, 2.24) is 10.2 Å². The van der Waals surface area contributed by atoms with E-state index in [2.05, 4.69) is 14.7 Å². The van der Waals surface area contributed by atoms with Gasteiger partial charge in [-0.3, -0.25) is 14.9 Å². The minimum atomic E-state index is -4.46. The summed E-state index contributed by atoms with van der Waals surface area (Å²) in [7, 11) is -4.46. The van der Waals surface area contributed by atoms with Gasteiger partial charge in [0.25, 0.3) is 0 Å². The van der Waals surface area contributed by atoms with Crippen LogP contribution in [0.1, 0.15) is 5.69 Å². The van der Waals surface area contributed by atoms with Gasteiger partial charge in [0.15, 0.2) is 0 Å². The van der Waals surface area contributed by atoms with Gasteiger partial charge in [0, 0.05) is 11.8 Å². The number of nitrogens with zero attached hydrogens (tertiary/aromatic N) is 1. The van der Waals surface area contributed by atoms with Crippen molar-refractivity contribution in [2.75, 3.05) is 0 Å². The molecule has 0 unspecified atom stereocenters. The standard InChI is InChI=1S/C4H7N2O4P/c1-3-2-4(6-5-3)10-11(7,8)9/h2H,1H3,(H,5,6)(H2,7,8,9). The second kappa shape index (κ2) is 2.65. The third-order valence-electron chi connectivity index (χ3n) is 0.895. The van der Waals surface area contributed by atoms with Gasteiger partial charge in [-0.05, 0) is 6.92 Å². The Morgan fingerprint density at radius 3 is 2.73 bits per heavy atom. The largest absolute Gasteiger partial charge is 0.526 e. The number of aromatic amines is 1. The van der Waals surface area contributed by atoms with Crippen molar-refractivity contribution in [3.05, 3.63) is 11.8 Å². The molecule has 1 heterocycles. The maximum atomic E-state index is 10.2. The first-order valence-electron chi connectivity index (χ1n) is 2.74. The lowest BCUT2D eigenvalue weighted by Gasteiger charge is -2.00. The van der Waals surface area contributed by atoms with Crippen LogP contribution >= 0.6 is 7.82 Å². The molecule has 0 atom stereocenters. The zero-order chi connectivity index (χ0) is 8.48. The second-order valence-electron chi connectivity index (χ2n) is 1.97. The number of nitrogens with one attached hydrogen (secondary N) is 1. The van der Waals surface area contributed by atoms with Gasteiger partial charge in [0.05, 0.1) is 0 Å². The number of rotatable bonds is 2. The van der Waals surface area contributed by atoms with Crippen LogP contribution in [0.25, 0.3) is 0 Å². The molecule has 7 heteroatoms. The van der Waals surface area contributed by atoms with Crippen LogP contribution in [-0.2, 0) is 4.57 Å². The van der Waals surface area contributed by atoms with Crippen LogP contribution in [0.15, 0.2) is 6.07 Å². The van der Waals surface area contributed by atoms with Gasteiger partial charge in [-0.15, -0.1) is 5.10 Å². The highest BCUT2D eigenvalue weighted by Gasteiger charge is 2.17. The molecular weight excluding hydrogens is 171 g/mol. The Morgan fingerprint density at radius 1 is 1.73 bits per heavy atom. The lowest BCUT2D eigenvalue weighted by molar-refractivity contribution is 0.279. The number of aryl methyl sites for hydroxylation is 1. The topological polar surface area (TPSA) is 95.4 Å². The molecule has 0 amide bonds. The molecule has 6 nitrogen and oxygen atoms in total. The highest BCUT2D eigenvalue weighted by Crippen LogP contribution is 2.36. The molecule has 1 rings (SSSR count). The Labute approximate surface area is 62.4 Å². The van der Waals surface area contributed by atoms with Crippen molar-refractivity contribution in [3.63, 3.8) is 0 Å². The van der Waals surface area contributed by atoms with Gasteiger partial charge < -0.3 is 4.52 Å². The third-order valence-corrected chi connectivity index (χ3v) is 1.32. The van der Waals surface area contributed by atoms with E-state index in [1.54, 1.807) is 6.92 Å². The van der Waals surface area contributed by atoms with E-state index in [-0.39, 0.29) is 5.88 Å². The third kappa shape index (κ3) is 2.71. The van der Waals surface area contributed by atoms with Crippen LogP contribution in [0.2, 0.25) is 0 Å². The lowest BCUT2D eigenvalue weighted by Crippen LogP contribution is -1.89. The molecule has 0 fully saturated rings. The summed E-state index contributed by atoms with van der Waals surface area (Å²) in [5.74, 6) is -0.101.